The molecule has 1 saturated heterocycles. The lowest BCUT2D eigenvalue weighted by atomic mass is 10.0. The Hall–Kier alpha value is -2.37. The van der Waals surface area contributed by atoms with Crippen molar-refractivity contribution < 1.29 is 14.4 Å². The van der Waals surface area contributed by atoms with Gasteiger partial charge in [-0.2, -0.15) is 0 Å². The van der Waals surface area contributed by atoms with Crippen molar-refractivity contribution in [1.29, 1.82) is 0 Å². The van der Waals surface area contributed by atoms with E-state index in [-0.39, 0.29) is 18.4 Å². The van der Waals surface area contributed by atoms with Crippen molar-refractivity contribution in [3.8, 4) is 0 Å². The van der Waals surface area contributed by atoms with Crippen LogP contribution in [0.5, 0.6) is 0 Å². The number of rotatable bonds is 6. The number of benzene rings is 1. The van der Waals surface area contributed by atoms with E-state index in [0.717, 1.165) is 16.0 Å². The van der Waals surface area contributed by atoms with Crippen LogP contribution in [-0.4, -0.2) is 47.3 Å². The molecule has 1 aromatic rings. The van der Waals surface area contributed by atoms with Crippen LogP contribution in [0.2, 0.25) is 0 Å². The summed E-state index contributed by atoms with van der Waals surface area (Å²) < 4.78 is 0. The first-order chi connectivity index (χ1) is 11.3. The van der Waals surface area contributed by atoms with Crippen LogP contribution in [0.1, 0.15) is 31.4 Å². The molecule has 24 heavy (non-hydrogen) atoms. The third-order valence-electron chi connectivity index (χ3n) is 4.07. The van der Waals surface area contributed by atoms with E-state index in [0.29, 0.717) is 18.9 Å². The first kappa shape index (κ1) is 18.0. The Morgan fingerprint density at radius 2 is 1.88 bits per heavy atom. The molecule has 1 aliphatic rings. The van der Waals surface area contributed by atoms with Crippen molar-refractivity contribution in [2.75, 3.05) is 13.6 Å². The highest BCUT2D eigenvalue weighted by atomic mass is 16.2. The second-order valence-corrected chi connectivity index (χ2v) is 6.79. The van der Waals surface area contributed by atoms with E-state index < -0.39 is 12.1 Å². The van der Waals surface area contributed by atoms with E-state index in [2.05, 4.69) is 5.32 Å². The monoisotopic (exact) mass is 331 g/mol. The molecule has 1 unspecified atom stereocenters. The minimum absolute atomic E-state index is 0.221. The summed E-state index contributed by atoms with van der Waals surface area (Å²) in [6, 6.07) is 6.90. The highest BCUT2D eigenvalue weighted by Crippen LogP contribution is 2.14. The van der Waals surface area contributed by atoms with Gasteiger partial charge in [-0.15, -0.1) is 0 Å². The van der Waals surface area contributed by atoms with Gasteiger partial charge < -0.3 is 10.2 Å². The molecule has 0 aliphatic carbocycles. The fourth-order valence-electron chi connectivity index (χ4n) is 2.67. The van der Waals surface area contributed by atoms with Gasteiger partial charge in [-0.1, -0.05) is 43.7 Å². The molecule has 0 bridgehead atoms. The number of hydrogen-bond donors (Lipinski definition) is 1. The molecule has 1 aromatic carbocycles. The minimum Gasteiger partial charge on any atom is -0.340 e. The van der Waals surface area contributed by atoms with Crippen molar-refractivity contribution in [1.82, 2.24) is 15.1 Å². The van der Waals surface area contributed by atoms with Crippen LogP contribution in [0.15, 0.2) is 24.3 Å². The van der Waals surface area contributed by atoms with E-state index in [9.17, 15) is 14.4 Å². The maximum absolute atomic E-state index is 12.3. The number of hydrogen-bond acceptors (Lipinski definition) is 3. The number of urea groups is 1. The Kier molecular flexibility index (Phi) is 5.59. The van der Waals surface area contributed by atoms with Crippen molar-refractivity contribution >= 4 is 17.8 Å². The van der Waals surface area contributed by atoms with Gasteiger partial charge in [-0.25, -0.2) is 4.79 Å². The maximum atomic E-state index is 12.3. The topological polar surface area (TPSA) is 69.7 Å². The summed E-state index contributed by atoms with van der Waals surface area (Å²) >= 11 is 0. The number of imide groups is 1. The lowest BCUT2D eigenvalue weighted by Crippen LogP contribution is -2.41. The number of aryl methyl sites for hydroxylation is 1. The zero-order chi connectivity index (χ0) is 17.9. The summed E-state index contributed by atoms with van der Waals surface area (Å²) in [6.45, 7) is 6.20. The van der Waals surface area contributed by atoms with Crippen LogP contribution in [0.3, 0.4) is 0 Å². The molecule has 0 aromatic heterocycles. The summed E-state index contributed by atoms with van der Waals surface area (Å²) in [5.41, 5.74) is 2.16. The van der Waals surface area contributed by atoms with Gasteiger partial charge in [0, 0.05) is 13.6 Å². The van der Waals surface area contributed by atoms with E-state index >= 15 is 0 Å². The molecule has 0 saturated carbocycles. The smallest absolute Gasteiger partial charge is 0.325 e. The summed E-state index contributed by atoms with van der Waals surface area (Å²) in [6.07, 6.45) is 0.578. The lowest BCUT2D eigenvalue weighted by Gasteiger charge is -2.20. The molecule has 2 rings (SSSR count). The normalized spacial score (nSPS) is 17.4. The number of amides is 4. The van der Waals surface area contributed by atoms with Crippen molar-refractivity contribution in [3.63, 3.8) is 0 Å². The highest BCUT2D eigenvalue weighted by molar-refractivity contribution is 6.06. The van der Waals surface area contributed by atoms with Gasteiger partial charge in [0.15, 0.2) is 0 Å². The molecule has 0 spiro atoms. The van der Waals surface area contributed by atoms with Gasteiger partial charge in [0.2, 0.25) is 5.91 Å². The van der Waals surface area contributed by atoms with E-state index in [1.165, 1.54) is 4.90 Å². The summed E-state index contributed by atoms with van der Waals surface area (Å²) in [5.74, 6) is -0.283. The van der Waals surface area contributed by atoms with Crippen LogP contribution < -0.4 is 5.32 Å². The zero-order valence-corrected chi connectivity index (χ0v) is 14.7. The molecule has 0 radical (unpaired) electrons. The van der Waals surface area contributed by atoms with Crippen molar-refractivity contribution in [3.05, 3.63) is 35.4 Å². The molecule has 130 valence electrons. The van der Waals surface area contributed by atoms with Gasteiger partial charge in [-0.3, -0.25) is 14.5 Å². The lowest BCUT2D eigenvalue weighted by molar-refractivity contribution is -0.137. The number of carbonyl (C=O) groups is 3. The predicted molar refractivity (Wildman–Crippen MR) is 91.1 cm³/mol. The highest BCUT2D eigenvalue weighted by Gasteiger charge is 2.39. The molecule has 1 heterocycles. The Balaban J connectivity index is 1.94. The largest absolute Gasteiger partial charge is 0.340 e. The Morgan fingerprint density at radius 3 is 2.46 bits per heavy atom. The van der Waals surface area contributed by atoms with Gasteiger partial charge in [0.25, 0.3) is 5.91 Å². The first-order valence-electron chi connectivity index (χ1n) is 8.19. The van der Waals surface area contributed by atoms with Crippen molar-refractivity contribution in [2.24, 2.45) is 5.92 Å². The van der Waals surface area contributed by atoms with E-state index in [4.69, 9.17) is 0 Å². The number of carbonyl (C=O) groups excluding carboxylic acids is 3. The summed E-state index contributed by atoms with van der Waals surface area (Å²) in [7, 11) is 1.67. The Labute approximate surface area is 142 Å². The molecule has 1 fully saturated rings. The van der Waals surface area contributed by atoms with Crippen LogP contribution >= 0.6 is 0 Å². The fraction of sp³-hybridized carbons (Fsp3) is 0.500. The summed E-state index contributed by atoms with van der Waals surface area (Å²) in [5, 5.41) is 2.65. The van der Waals surface area contributed by atoms with E-state index in [1.54, 1.807) is 7.05 Å². The van der Waals surface area contributed by atoms with Crippen LogP contribution in [0.25, 0.3) is 0 Å². The van der Waals surface area contributed by atoms with E-state index in [1.807, 2.05) is 45.0 Å². The van der Waals surface area contributed by atoms with Crippen molar-refractivity contribution in [2.45, 2.75) is 39.8 Å². The molecular formula is C18H25N3O3. The molecule has 1 N–H and O–H groups in total. The Morgan fingerprint density at radius 1 is 1.25 bits per heavy atom. The molecular weight excluding hydrogens is 306 g/mol. The van der Waals surface area contributed by atoms with Crippen LogP contribution in [-0.2, 0) is 16.1 Å². The second kappa shape index (κ2) is 7.47. The molecule has 6 heteroatoms. The first-order valence-corrected chi connectivity index (χ1v) is 8.19. The summed E-state index contributed by atoms with van der Waals surface area (Å²) in [4.78, 5) is 39.1. The molecule has 4 amide bonds. The SMILES string of the molecule is Cc1ccc(CN(C)C(=O)CN2C(=O)NC(CC(C)C)C2=O)cc1. The maximum Gasteiger partial charge on any atom is 0.325 e. The number of likely N-dealkylation sites (N-methyl/N-ethyl adjacent to an activating group) is 1. The average Bonchev–Trinajstić information content (AvgIpc) is 2.76. The van der Waals surface area contributed by atoms with Gasteiger partial charge in [0.05, 0.1) is 0 Å². The van der Waals surface area contributed by atoms with Crippen LogP contribution in [0, 0.1) is 12.8 Å². The number of nitrogens with zero attached hydrogens (tertiary/aromatic N) is 2. The second-order valence-electron chi connectivity index (χ2n) is 6.79. The standard InChI is InChI=1S/C18H25N3O3/c1-12(2)9-15-17(23)21(18(24)19-15)11-16(22)20(4)10-14-7-5-13(3)6-8-14/h5-8,12,15H,9-11H2,1-4H3,(H,19,24). The zero-order valence-electron chi connectivity index (χ0n) is 14.7. The average molecular weight is 331 g/mol. The minimum atomic E-state index is -0.521. The quantitative estimate of drug-likeness (QED) is 0.810. The third-order valence-corrected chi connectivity index (χ3v) is 4.07. The van der Waals surface area contributed by atoms with Crippen LogP contribution in [0.4, 0.5) is 4.79 Å². The van der Waals surface area contributed by atoms with Gasteiger partial charge in [0.1, 0.15) is 12.6 Å². The van der Waals surface area contributed by atoms with Gasteiger partial charge >= 0.3 is 6.03 Å². The predicted octanol–water partition coefficient (Wildman–Crippen LogP) is 1.92. The fourth-order valence-corrected chi connectivity index (χ4v) is 2.67. The molecule has 6 nitrogen and oxygen atoms in total. The third kappa shape index (κ3) is 4.34. The van der Waals surface area contributed by atoms with Gasteiger partial charge in [-0.05, 0) is 24.8 Å². The molecule has 1 aliphatic heterocycles. The number of nitrogens with one attached hydrogen (secondary N) is 1. The Bertz CT molecular complexity index is 625. The molecule has 1 atom stereocenters.